The maximum Gasteiger partial charge on any atom is 0.416 e. The van der Waals surface area contributed by atoms with Crippen LogP contribution in [0.15, 0.2) is 47.4 Å². The Balaban J connectivity index is 1.47. The maximum atomic E-state index is 13.3. The van der Waals surface area contributed by atoms with Gasteiger partial charge in [0.05, 0.1) is 22.9 Å². The number of sulfonamides is 1. The highest BCUT2D eigenvalue weighted by atomic mass is 32.2. The van der Waals surface area contributed by atoms with E-state index in [0.717, 1.165) is 46.0 Å². The number of hydrogen-bond donors (Lipinski definition) is 3. The Hall–Kier alpha value is -2.96. The van der Waals surface area contributed by atoms with Crippen LogP contribution in [0.2, 0.25) is 0 Å². The molecule has 218 valence electrons. The smallest absolute Gasteiger partial charge is 0.353 e. The van der Waals surface area contributed by atoms with Gasteiger partial charge in [0.1, 0.15) is 6.04 Å². The highest BCUT2D eigenvalue weighted by Crippen LogP contribution is 2.32. The fourth-order valence-corrected chi connectivity index (χ4v) is 6.64. The minimum atomic E-state index is -4.61. The molecule has 2 amide bonds. The lowest BCUT2D eigenvalue weighted by Gasteiger charge is -2.34. The lowest BCUT2D eigenvalue weighted by molar-refractivity contribution is -0.137. The standard InChI is InChI=1S/C28H35F3N4O4S/c1-27(2,3)33-17-18-7-12-22-19(15-18)5-4-6-23(22)34-25(36)16-24-26(37)32-13-14-35(24)40(38,39)21-10-8-20(9-11-21)28(29,30)31/h7-12,15,23-24,33H,4-6,13-14,16-17H2,1-3H3,(H,32,37)(H,34,36)/t23-,24-/m1/s1. The Morgan fingerprint density at radius 2 is 1.80 bits per heavy atom. The van der Waals surface area contributed by atoms with Gasteiger partial charge in [-0.2, -0.15) is 17.5 Å². The molecular formula is C28H35F3N4O4S. The van der Waals surface area contributed by atoms with Gasteiger partial charge in [0, 0.05) is 25.2 Å². The second-order valence-corrected chi connectivity index (χ2v) is 13.2. The summed E-state index contributed by atoms with van der Waals surface area (Å²) in [5.41, 5.74) is 2.28. The Kier molecular flexibility index (Phi) is 8.63. The van der Waals surface area contributed by atoms with E-state index in [-0.39, 0.29) is 29.6 Å². The summed E-state index contributed by atoms with van der Waals surface area (Å²) in [5.74, 6) is -1.11. The van der Waals surface area contributed by atoms with Gasteiger partial charge in [0.15, 0.2) is 0 Å². The molecule has 3 N–H and O–H groups in total. The molecule has 0 radical (unpaired) electrons. The van der Waals surface area contributed by atoms with Gasteiger partial charge in [-0.05, 0) is 81.0 Å². The highest BCUT2D eigenvalue weighted by Gasteiger charge is 2.40. The summed E-state index contributed by atoms with van der Waals surface area (Å²) in [7, 11) is -4.34. The van der Waals surface area contributed by atoms with Crippen LogP contribution in [0.4, 0.5) is 13.2 Å². The fourth-order valence-electron chi connectivity index (χ4n) is 5.05. The van der Waals surface area contributed by atoms with Crippen molar-refractivity contribution in [2.24, 2.45) is 0 Å². The quantitative estimate of drug-likeness (QED) is 0.464. The van der Waals surface area contributed by atoms with Crippen LogP contribution in [-0.4, -0.2) is 49.2 Å². The number of rotatable bonds is 7. The third kappa shape index (κ3) is 7.02. The predicted molar refractivity (Wildman–Crippen MR) is 144 cm³/mol. The largest absolute Gasteiger partial charge is 0.416 e. The lowest BCUT2D eigenvalue weighted by Crippen LogP contribution is -2.58. The molecule has 1 heterocycles. The zero-order valence-electron chi connectivity index (χ0n) is 22.8. The molecule has 0 bridgehead atoms. The number of nitrogens with one attached hydrogen (secondary N) is 3. The average Bonchev–Trinajstić information content (AvgIpc) is 2.87. The minimum Gasteiger partial charge on any atom is -0.353 e. The van der Waals surface area contributed by atoms with Gasteiger partial charge in [0.25, 0.3) is 0 Å². The number of carbonyl (C=O) groups is 2. The zero-order chi connectivity index (χ0) is 29.3. The van der Waals surface area contributed by atoms with Gasteiger partial charge >= 0.3 is 6.18 Å². The van der Waals surface area contributed by atoms with E-state index >= 15 is 0 Å². The van der Waals surface area contributed by atoms with E-state index in [1.54, 1.807) is 0 Å². The van der Waals surface area contributed by atoms with Gasteiger partial charge in [-0.25, -0.2) is 8.42 Å². The summed E-state index contributed by atoms with van der Waals surface area (Å²) in [5, 5.41) is 9.03. The van der Waals surface area contributed by atoms with Crippen LogP contribution in [0.5, 0.6) is 0 Å². The van der Waals surface area contributed by atoms with E-state index in [4.69, 9.17) is 0 Å². The van der Waals surface area contributed by atoms with Crippen molar-refractivity contribution in [3.05, 3.63) is 64.7 Å². The molecule has 12 heteroatoms. The van der Waals surface area contributed by atoms with Gasteiger partial charge in [-0.1, -0.05) is 18.2 Å². The number of piperazine rings is 1. The van der Waals surface area contributed by atoms with Crippen LogP contribution < -0.4 is 16.0 Å². The number of aryl methyl sites for hydroxylation is 1. The van der Waals surface area contributed by atoms with Gasteiger partial charge < -0.3 is 16.0 Å². The molecule has 0 saturated carbocycles. The first-order valence-corrected chi connectivity index (χ1v) is 14.7. The Morgan fingerprint density at radius 1 is 1.10 bits per heavy atom. The first kappa shape index (κ1) is 30.0. The van der Waals surface area contributed by atoms with Gasteiger partial charge in [0.2, 0.25) is 21.8 Å². The van der Waals surface area contributed by atoms with Crippen LogP contribution in [0.25, 0.3) is 0 Å². The molecule has 2 aromatic carbocycles. The topological polar surface area (TPSA) is 108 Å². The average molecular weight is 581 g/mol. The first-order chi connectivity index (χ1) is 18.6. The van der Waals surface area contributed by atoms with Crippen LogP contribution in [0, 0.1) is 0 Å². The monoisotopic (exact) mass is 580 g/mol. The fraction of sp³-hybridized carbons (Fsp3) is 0.500. The van der Waals surface area contributed by atoms with E-state index in [2.05, 4.69) is 42.8 Å². The Bertz CT molecular complexity index is 1360. The van der Waals surface area contributed by atoms with Crippen LogP contribution in [0.3, 0.4) is 0 Å². The van der Waals surface area contributed by atoms with Crippen molar-refractivity contribution in [1.29, 1.82) is 0 Å². The molecule has 4 rings (SSSR count). The second kappa shape index (κ2) is 11.5. The number of benzene rings is 2. The number of carbonyl (C=O) groups excluding carboxylic acids is 2. The van der Waals surface area contributed by atoms with Crippen molar-refractivity contribution < 1.29 is 31.2 Å². The number of nitrogens with zero attached hydrogens (tertiary/aromatic N) is 1. The molecule has 1 aliphatic heterocycles. The van der Waals surface area contributed by atoms with Gasteiger partial charge in [-0.15, -0.1) is 0 Å². The molecule has 0 aromatic heterocycles. The summed E-state index contributed by atoms with van der Waals surface area (Å²) >= 11 is 0. The molecule has 2 aromatic rings. The molecule has 2 aliphatic rings. The van der Waals surface area contributed by atoms with E-state index in [1.165, 1.54) is 0 Å². The third-order valence-electron chi connectivity index (χ3n) is 7.13. The Labute approximate surface area is 232 Å². The molecule has 40 heavy (non-hydrogen) atoms. The summed E-state index contributed by atoms with van der Waals surface area (Å²) in [4.78, 5) is 25.5. The predicted octanol–water partition coefficient (Wildman–Crippen LogP) is 3.67. The SMILES string of the molecule is CC(C)(C)NCc1ccc2c(c1)CCC[C@H]2NC(=O)C[C@@H]1C(=O)NCCN1S(=O)(=O)c1ccc(C(F)(F)F)cc1. The van der Waals surface area contributed by atoms with Crippen molar-refractivity contribution in [3.8, 4) is 0 Å². The van der Waals surface area contributed by atoms with E-state index in [0.29, 0.717) is 25.1 Å². The van der Waals surface area contributed by atoms with Crippen molar-refractivity contribution in [3.63, 3.8) is 0 Å². The molecule has 1 aliphatic carbocycles. The minimum absolute atomic E-state index is 0.0221. The van der Waals surface area contributed by atoms with Gasteiger partial charge in [-0.3, -0.25) is 9.59 Å². The van der Waals surface area contributed by atoms with Crippen molar-refractivity contribution >= 4 is 21.8 Å². The molecule has 0 spiro atoms. The summed E-state index contributed by atoms with van der Waals surface area (Å²) in [6.45, 7) is 6.93. The molecule has 0 unspecified atom stereocenters. The molecule has 2 atom stereocenters. The number of amides is 2. The third-order valence-corrected chi connectivity index (χ3v) is 9.05. The molecule has 8 nitrogen and oxygen atoms in total. The second-order valence-electron chi connectivity index (χ2n) is 11.3. The number of fused-ring (bicyclic) bond motifs is 1. The first-order valence-electron chi connectivity index (χ1n) is 13.3. The van der Waals surface area contributed by atoms with Crippen molar-refractivity contribution in [2.45, 2.75) is 81.7 Å². The molecule has 1 fully saturated rings. The number of hydrogen-bond acceptors (Lipinski definition) is 5. The van der Waals surface area contributed by atoms with Crippen molar-refractivity contribution in [1.82, 2.24) is 20.3 Å². The van der Waals surface area contributed by atoms with E-state index in [9.17, 15) is 31.2 Å². The van der Waals surface area contributed by atoms with E-state index in [1.807, 2.05) is 12.1 Å². The number of halogens is 3. The van der Waals surface area contributed by atoms with Crippen LogP contribution >= 0.6 is 0 Å². The summed E-state index contributed by atoms with van der Waals surface area (Å²) < 4.78 is 66.4. The summed E-state index contributed by atoms with van der Waals surface area (Å²) in [6.07, 6.45) is -2.56. The lowest BCUT2D eigenvalue weighted by atomic mass is 9.86. The Morgan fingerprint density at radius 3 is 2.45 bits per heavy atom. The molecular weight excluding hydrogens is 545 g/mol. The molecule has 1 saturated heterocycles. The van der Waals surface area contributed by atoms with Crippen molar-refractivity contribution in [2.75, 3.05) is 13.1 Å². The highest BCUT2D eigenvalue weighted by molar-refractivity contribution is 7.89. The zero-order valence-corrected chi connectivity index (χ0v) is 23.6. The van der Waals surface area contributed by atoms with Crippen LogP contribution in [-0.2, 0) is 38.8 Å². The normalized spacial score (nSPS) is 20.5. The maximum absolute atomic E-state index is 13.3. The number of alkyl halides is 3. The summed E-state index contributed by atoms with van der Waals surface area (Å²) in [6, 6.07) is 7.68. The van der Waals surface area contributed by atoms with Crippen LogP contribution in [0.1, 0.15) is 68.3 Å². The van der Waals surface area contributed by atoms with E-state index < -0.39 is 46.0 Å².